The summed E-state index contributed by atoms with van der Waals surface area (Å²) in [4.78, 5) is 26.4. The van der Waals surface area contributed by atoms with Gasteiger partial charge in [0.1, 0.15) is 11.6 Å². The second kappa shape index (κ2) is 7.64. The van der Waals surface area contributed by atoms with Crippen LogP contribution in [0.15, 0.2) is 48.5 Å². The van der Waals surface area contributed by atoms with Gasteiger partial charge >= 0.3 is 0 Å². The Morgan fingerprint density at radius 3 is 2.54 bits per heavy atom. The lowest BCUT2D eigenvalue weighted by Gasteiger charge is -2.38. The van der Waals surface area contributed by atoms with Gasteiger partial charge in [-0.3, -0.25) is 9.59 Å². The molecular formula is C20H20F2N2O2. The fraction of sp³-hybridized carbons (Fsp3) is 0.300. The molecule has 1 fully saturated rings. The van der Waals surface area contributed by atoms with E-state index in [4.69, 9.17) is 0 Å². The van der Waals surface area contributed by atoms with E-state index < -0.39 is 12.0 Å². The molecule has 1 aliphatic rings. The van der Waals surface area contributed by atoms with Crippen LogP contribution in [0.2, 0.25) is 0 Å². The maximum Gasteiger partial charge on any atom is 0.225 e. The average molecular weight is 358 g/mol. The summed E-state index contributed by atoms with van der Waals surface area (Å²) in [5, 5.41) is 2.77. The Labute approximate surface area is 150 Å². The molecule has 1 heterocycles. The van der Waals surface area contributed by atoms with Gasteiger partial charge in [0.15, 0.2) is 0 Å². The van der Waals surface area contributed by atoms with Crippen molar-refractivity contribution in [2.75, 3.05) is 7.05 Å². The maximum atomic E-state index is 13.7. The molecular weight excluding hydrogens is 338 g/mol. The van der Waals surface area contributed by atoms with E-state index >= 15 is 0 Å². The Bertz CT molecular complexity index is 808. The molecule has 4 nitrogen and oxygen atoms in total. The zero-order valence-corrected chi connectivity index (χ0v) is 14.4. The standard InChI is InChI=1S/C20H20F2N2O2/c1-24-18(25)11-10-16(19(24)13-6-8-15(21)9-7-13)20(26)23-12-14-4-2-3-5-17(14)22/h2-9,16,19H,10-12H2,1H3,(H,23,26)/t16-,19+/m1/s1. The predicted molar refractivity (Wildman–Crippen MR) is 92.9 cm³/mol. The summed E-state index contributed by atoms with van der Waals surface area (Å²) in [5.74, 6) is -1.53. The summed E-state index contributed by atoms with van der Waals surface area (Å²) >= 11 is 0. The quantitative estimate of drug-likeness (QED) is 0.913. The molecule has 2 aromatic rings. The van der Waals surface area contributed by atoms with Gasteiger partial charge in [0.2, 0.25) is 11.8 Å². The van der Waals surface area contributed by atoms with Crippen LogP contribution in [0, 0.1) is 17.6 Å². The van der Waals surface area contributed by atoms with Crippen LogP contribution < -0.4 is 5.32 Å². The number of piperidine rings is 1. The molecule has 0 aromatic heterocycles. The molecule has 1 aliphatic heterocycles. The number of likely N-dealkylation sites (tertiary alicyclic amines) is 1. The Kier molecular flexibility index (Phi) is 5.30. The number of rotatable bonds is 4. The molecule has 26 heavy (non-hydrogen) atoms. The van der Waals surface area contributed by atoms with Crippen molar-refractivity contribution in [2.24, 2.45) is 5.92 Å². The first-order chi connectivity index (χ1) is 12.5. The van der Waals surface area contributed by atoms with E-state index in [0.29, 0.717) is 17.5 Å². The summed E-state index contributed by atoms with van der Waals surface area (Å²) in [7, 11) is 1.65. The van der Waals surface area contributed by atoms with Gasteiger partial charge in [-0.15, -0.1) is 0 Å². The fourth-order valence-electron chi connectivity index (χ4n) is 3.38. The largest absolute Gasteiger partial charge is 0.352 e. The van der Waals surface area contributed by atoms with E-state index in [1.165, 1.54) is 23.1 Å². The zero-order chi connectivity index (χ0) is 18.7. The highest BCUT2D eigenvalue weighted by molar-refractivity contribution is 5.84. The smallest absolute Gasteiger partial charge is 0.225 e. The molecule has 0 saturated carbocycles. The third-order valence-corrected chi connectivity index (χ3v) is 4.82. The van der Waals surface area contributed by atoms with Crippen molar-refractivity contribution in [3.63, 3.8) is 0 Å². The van der Waals surface area contributed by atoms with Gasteiger partial charge in [-0.1, -0.05) is 30.3 Å². The lowest BCUT2D eigenvalue weighted by atomic mass is 9.84. The van der Waals surface area contributed by atoms with E-state index in [0.717, 1.165) is 0 Å². The molecule has 1 saturated heterocycles. The van der Waals surface area contributed by atoms with Gasteiger partial charge in [-0.05, 0) is 30.2 Å². The molecule has 2 atom stereocenters. The van der Waals surface area contributed by atoms with Crippen LogP contribution in [0.1, 0.15) is 30.0 Å². The number of hydrogen-bond acceptors (Lipinski definition) is 2. The minimum atomic E-state index is -0.477. The molecule has 0 radical (unpaired) electrons. The third-order valence-electron chi connectivity index (χ3n) is 4.82. The normalized spacial score (nSPS) is 20.1. The number of nitrogens with one attached hydrogen (secondary N) is 1. The number of amides is 2. The van der Waals surface area contributed by atoms with Crippen molar-refractivity contribution in [1.29, 1.82) is 0 Å². The van der Waals surface area contributed by atoms with E-state index in [9.17, 15) is 18.4 Å². The molecule has 0 aliphatic carbocycles. The molecule has 0 spiro atoms. The van der Waals surface area contributed by atoms with Gasteiger partial charge in [0.05, 0.1) is 12.0 Å². The van der Waals surface area contributed by atoms with Crippen LogP contribution in [0.5, 0.6) is 0 Å². The monoisotopic (exact) mass is 358 g/mol. The van der Waals surface area contributed by atoms with Gasteiger partial charge in [0, 0.05) is 25.6 Å². The summed E-state index contributed by atoms with van der Waals surface area (Å²) in [5.41, 5.74) is 1.10. The lowest BCUT2D eigenvalue weighted by Crippen LogP contribution is -2.46. The zero-order valence-electron chi connectivity index (χ0n) is 14.4. The van der Waals surface area contributed by atoms with Crippen molar-refractivity contribution in [1.82, 2.24) is 10.2 Å². The number of halogens is 2. The van der Waals surface area contributed by atoms with Gasteiger partial charge in [0.25, 0.3) is 0 Å². The summed E-state index contributed by atoms with van der Waals surface area (Å²) in [6.07, 6.45) is 0.667. The van der Waals surface area contributed by atoms with Crippen LogP contribution in [0.4, 0.5) is 8.78 Å². The Morgan fingerprint density at radius 2 is 1.85 bits per heavy atom. The topological polar surface area (TPSA) is 49.4 Å². The highest BCUT2D eigenvalue weighted by atomic mass is 19.1. The number of hydrogen-bond donors (Lipinski definition) is 1. The van der Waals surface area contributed by atoms with Crippen molar-refractivity contribution in [3.8, 4) is 0 Å². The van der Waals surface area contributed by atoms with Crippen LogP contribution in [0.25, 0.3) is 0 Å². The number of carbonyl (C=O) groups is 2. The van der Waals surface area contributed by atoms with E-state index in [2.05, 4.69) is 5.32 Å². The maximum absolute atomic E-state index is 13.7. The lowest BCUT2D eigenvalue weighted by molar-refractivity contribution is -0.141. The van der Waals surface area contributed by atoms with Crippen LogP contribution in [-0.2, 0) is 16.1 Å². The molecule has 0 bridgehead atoms. The second-order valence-electron chi connectivity index (χ2n) is 6.46. The minimum absolute atomic E-state index is 0.0579. The summed E-state index contributed by atoms with van der Waals surface area (Å²) in [6.45, 7) is 0.0792. The molecule has 136 valence electrons. The van der Waals surface area contributed by atoms with Crippen LogP contribution >= 0.6 is 0 Å². The highest BCUT2D eigenvalue weighted by Crippen LogP contribution is 2.36. The van der Waals surface area contributed by atoms with E-state index in [-0.39, 0.29) is 36.4 Å². The van der Waals surface area contributed by atoms with Crippen molar-refractivity contribution < 1.29 is 18.4 Å². The first-order valence-corrected chi connectivity index (χ1v) is 8.49. The minimum Gasteiger partial charge on any atom is -0.352 e. The molecule has 1 N–H and O–H groups in total. The number of nitrogens with zero attached hydrogens (tertiary/aromatic N) is 1. The first-order valence-electron chi connectivity index (χ1n) is 8.49. The van der Waals surface area contributed by atoms with Crippen molar-refractivity contribution in [2.45, 2.75) is 25.4 Å². The van der Waals surface area contributed by atoms with E-state index in [1.807, 2.05) is 0 Å². The van der Waals surface area contributed by atoms with Gasteiger partial charge in [-0.2, -0.15) is 0 Å². The van der Waals surface area contributed by atoms with Gasteiger partial charge < -0.3 is 10.2 Å². The SMILES string of the molecule is CN1C(=O)CC[C@@H](C(=O)NCc2ccccc2F)[C@@H]1c1ccc(F)cc1. The second-order valence-corrected chi connectivity index (χ2v) is 6.46. The Hall–Kier alpha value is -2.76. The average Bonchev–Trinajstić information content (AvgIpc) is 2.64. The molecule has 2 amide bonds. The first kappa shape index (κ1) is 18.0. The van der Waals surface area contributed by atoms with Gasteiger partial charge in [-0.25, -0.2) is 8.78 Å². The molecule has 0 unspecified atom stereocenters. The molecule has 6 heteroatoms. The van der Waals surface area contributed by atoms with Crippen LogP contribution in [-0.4, -0.2) is 23.8 Å². The molecule has 3 rings (SSSR count). The third kappa shape index (κ3) is 3.74. The van der Waals surface area contributed by atoms with E-state index in [1.54, 1.807) is 37.4 Å². The summed E-state index contributed by atoms with van der Waals surface area (Å²) < 4.78 is 27.0. The Balaban J connectivity index is 1.79. The molecule has 2 aromatic carbocycles. The van der Waals surface area contributed by atoms with Crippen molar-refractivity contribution >= 4 is 11.8 Å². The Morgan fingerprint density at radius 1 is 1.15 bits per heavy atom. The fourth-order valence-corrected chi connectivity index (χ4v) is 3.38. The number of benzene rings is 2. The summed E-state index contributed by atoms with van der Waals surface area (Å²) in [6, 6.07) is 11.6. The predicted octanol–water partition coefficient (Wildman–Crippen LogP) is 3.19. The highest BCUT2D eigenvalue weighted by Gasteiger charge is 2.38. The number of carbonyl (C=O) groups excluding carboxylic acids is 2. The van der Waals surface area contributed by atoms with Crippen LogP contribution in [0.3, 0.4) is 0 Å². The van der Waals surface area contributed by atoms with Crippen molar-refractivity contribution in [3.05, 3.63) is 71.3 Å².